The van der Waals surface area contributed by atoms with Crippen molar-refractivity contribution in [1.29, 1.82) is 0 Å². The summed E-state index contributed by atoms with van der Waals surface area (Å²) < 4.78 is 26.5. The van der Waals surface area contributed by atoms with E-state index in [1.54, 1.807) is 14.1 Å². The maximum atomic E-state index is 13.0. The summed E-state index contributed by atoms with van der Waals surface area (Å²) in [4.78, 5) is 0. The topological polar surface area (TPSA) is 49.4 Å². The van der Waals surface area contributed by atoms with Crippen molar-refractivity contribution in [3.8, 4) is 0 Å². The van der Waals surface area contributed by atoms with E-state index in [-0.39, 0.29) is 11.5 Å². The lowest BCUT2D eigenvalue weighted by Gasteiger charge is -2.61. The summed E-state index contributed by atoms with van der Waals surface area (Å²) in [5.74, 6) is 0. The highest BCUT2D eigenvalue weighted by Gasteiger charge is 2.68. The van der Waals surface area contributed by atoms with Crippen LogP contribution >= 0.6 is 0 Å². The molecule has 1 aliphatic rings. The predicted octanol–water partition coefficient (Wildman–Crippen LogP) is 1.79. The Kier molecular flexibility index (Phi) is 3.73. The van der Waals surface area contributed by atoms with Crippen LogP contribution in [0.1, 0.15) is 25.8 Å². The first-order valence-corrected chi connectivity index (χ1v) is 8.30. The van der Waals surface area contributed by atoms with Gasteiger partial charge in [-0.3, -0.25) is 0 Å². The Morgan fingerprint density at radius 1 is 1.20 bits per heavy atom. The molecule has 1 aliphatic carbocycles. The van der Waals surface area contributed by atoms with E-state index in [0.717, 1.165) is 5.56 Å². The maximum Gasteiger partial charge on any atom is 0.224 e. The standard InChI is InChI=1S/C15H24N2O2S/c1-14(2)13(16-3)11-15(14,20(18,19)17(4)5)12-9-7-6-8-10-12/h6-10,13,16H,11H2,1-5H3/t13-,15?/m1/s1. The summed E-state index contributed by atoms with van der Waals surface area (Å²) in [7, 11) is 1.71. The smallest absolute Gasteiger partial charge is 0.224 e. The molecular formula is C15H24N2O2S. The van der Waals surface area contributed by atoms with Gasteiger partial charge in [-0.25, -0.2) is 12.7 Å². The summed E-state index contributed by atoms with van der Waals surface area (Å²) >= 11 is 0. The van der Waals surface area contributed by atoms with Crippen LogP contribution in [-0.4, -0.2) is 39.9 Å². The molecule has 1 unspecified atom stereocenters. The number of sulfonamides is 1. The molecular weight excluding hydrogens is 272 g/mol. The maximum absolute atomic E-state index is 13.0. The Hall–Kier alpha value is -0.910. The van der Waals surface area contributed by atoms with Crippen LogP contribution in [0, 0.1) is 5.41 Å². The summed E-state index contributed by atoms with van der Waals surface area (Å²) in [5.41, 5.74) is 0.511. The van der Waals surface area contributed by atoms with E-state index < -0.39 is 14.8 Å². The molecule has 0 radical (unpaired) electrons. The zero-order chi connectivity index (χ0) is 15.2. The van der Waals surface area contributed by atoms with Crippen molar-refractivity contribution in [2.45, 2.75) is 31.1 Å². The Morgan fingerprint density at radius 2 is 1.75 bits per heavy atom. The lowest BCUT2D eigenvalue weighted by Crippen LogP contribution is -2.70. The van der Waals surface area contributed by atoms with Gasteiger partial charge in [0.15, 0.2) is 0 Å². The SMILES string of the molecule is CN[C@@H]1CC(c2ccccc2)(S(=O)(=O)N(C)C)C1(C)C. The van der Waals surface area contributed by atoms with Crippen LogP contribution in [-0.2, 0) is 14.8 Å². The first-order valence-electron chi connectivity index (χ1n) is 6.86. The highest BCUT2D eigenvalue weighted by atomic mass is 32.2. The van der Waals surface area contributed by atoms with E-state index in [0.29, 0.717) is 6.42 Å². The molecule has 0 saturated heterocycles. The fraction of sp³-hybridized carbons (Fsp3) is 0.600. The van der Waals surface area contributed by atoms with Crippen molar-refractivity contribution in [2.24, 2.45) is 5.41 Å². The largest absolute Gasteiger partial charge is 0.316 e. The van der Waals surface area contributed by atoms with E-state index in [1.165, 1.54) is 4.31 Å². The average molecular weight is 296 g/mol. The fourth-order valence-electron chi connectivity index (χ4n) is 3.51. The minimum absolute atomic E-state index is 0.192. The highest BCUT2D eigenvalue weighted by Crippen LogP contribution is 2.61. The van der Waals surface area contributed by atoms with Gasteiger partial charge in [-0.1, -0.05) is 44.2 Å². The van der Waals surface area contributed by atoms with Gasteiger partial charge in [0.05, 0.1) is 0 Å². The van der Waals surface area contributed by atoms with E-state index in [4.69, 9.17) is 0 Å². The van der Waals surface area contributed by atoms with Gasteiger partial charge in [0.25, 0.3) is 0 Å². The zero-order valence-corrected chi connectivity index (χ0v) is 13.7. The van der Waals surface area contributed by atoms with Gasteiger partial charge in [-0.05, 0) is 19.0 Å². The lowest BCUT2D eigenvalue weighted by molar-refractivity contribution is 0.0369. The van der Waals surface area contributed by atoms with Crippen molar-refractivity contribution < 1.29 is 8.42 Å². The van der Waals surface area contributed by atoms with Crippen LogP contribution in [0.15, 0.2) is 30.3 Å². The van der Waals surface area contributed by atoms with Gasteiger partial charge in [0, 0.05) is 25.6 Å². The summed E-state index contributed by atoms with van der Waals surface area (Å²) in [6.45, 7) is 4.07. The van der Waals surface area contributed by atoms with Crippen molar-refractivity contribution in [2.75, 3.05) is 21.1 Å². The molecule has 1 saturated carbocycles. The van der Waals surface area contributed by atoms with Crippen LogP contribution in [0.5, 0.6) is 0 Å². The number of nitrogens with one attached hydrogen (secondary N) is 1. The third-order valence-corrected chi connectivity index (χ3v) is 7.68. The van der Waals surface area contributed by atoms with Crippen molar-refractivity contribution in [1.82, 2.24) is 9.62 Å². The van der Waals surface area contributed by atoms with Crippen LogP contribution in [0.2, 0.25) is 0 Å². The molecule has 2 atom stereocenters. The lowest BCUT2D eigenvalue weighted by atomic mass is 9.55. The molecule has 0 heterocycles. The number of rotatable bonds is 4. The van der Waals surface area contributed by atoms with Gasteiger partial charge in [0.2, 0.25) is 10.0 Å². The molecule has 112 valence electrons. The molecule has 1 N–H and O–H groups in total. The summed E-state index contributed by atoms with van der Waals surface area (Å²) in [6, 6.07) is 9.78. The van der Waals surface area contributed by atoms with Crippen LogP contribution in [0.4, 0.5) is 0 Å². The second kappa shape index (κ2) is 4.83. The van der Waals surface area contributed by atoms with Gasteiger partial charge >= 0.3 is 0 Å². The summed E-state index contributed by atoms with van der Waals surface area (Å²) in [6.07, 6.45) is 0.598. The highest BCUT2D eigenvalue weighted by molar-refractivity contribution is 7.90. The molecule has 0 bridgehead atoms. The Morgan fingerprint density at radius 3 is 2.15 bits per heavy atom. The molecule has 5 heteroatoms. The number of nitrogens with zero attached hydrogens (tertiary/aromatic N) is 1. The molecule has 20 heavy (non-hydrogen) atoms. The van der Waals surface area contributed by atoms with E-state index in [1.807, 2.05) is 51.2 Å². The monoisotopic (exact) mass is 296 g/mol. The van der Waals surface area contributed by atoms with Gasteiger partial charge in [-0.15, -0.1) is 0 Å². The molecule has 1 aromatic carbocycles. The second-order valence-corrected chi connectivity index (χ2v) is 8.62. The number of hydrogen-bond acceptors (Lipinski definition) is 3. The van der Waals surface area contributed by atoms with Crippen LogP contribution in [0.3, 0.4) is 0 Å². The summed E-state index contributed by atoms with van der Waals surface area (Å²) in [5, 5.41) is 3.24. The predicted molar refractivity (Wildman–Crippen MR) is 82.0 cm³/mol. The first kappa shape index (κ1) is 15.5. The van der Waals surface area contributed by atoms with Gasteiger partial charge in [-0.2, -0.15) is 0 Å². The van der Waals surface area contributed by atoms with E-state index >= 15 is 0 Å². The van der Waals surface area contributed by atoms with Gasteiger partial charge < -0.3 is 5.32 Å². The quantitative estimate of drug-likeness (QED) is 0.921. The normalized spacial score (nSPS) is 29.2. The number of benzene rings is 1. The third-order valence-electron chi connectivity index (χ3n) is 4.91. The van der Waals surface area contributed by atoms with E-state index in [2.05, 4.69) is 5.32 Å². The van der Waals surface area contributed by atoms with Crippen molar-refractivity contribution in [3.63, 3.8) is 0 Å². The zero-order valence-electron chi connectivity index (χ0n) is 12.8. The Labute approximate surface area is 122 Å². The minimum atomic E-state index is -3.41. The molecule has 0 aromatic heterocycles. The molecule has 1 aromatic rings. The van der Waals surface area contributed by atoms with Gasteiger partial charge in [0.1, 0.15) is 4.75 Å². The third kappa shape index (κ3) is 1.76. The van der Waals surface area contributed by atoms with Crippen LogP contribution in [0.25, 0.3) is 0 Å². The molecule has 0 spiro atoms. The van der Waals surface area contributed by atoms with Crippen molar-refractivity contribution in [3.05, 3.63) is 35.9 Å². The molecule has 2 rings (SSSR count). The molecule has 0 amide bonds. The molecule has 1 fully saturated rings. The fourth-order valence-corrected chi connectivity index (χ4v) is 5.76. The Bertz CT molecular complexity index is 581. The molecule has 4 nitrogen and oxygen atoms in total. The minimum Gasteiger partial charge on any atom is -0.316 e. The second-order valence-electron chi connectivity index (χ2n) is 6.25. The number of hydrogen-bond donors (Lipinski definition) is 1. The van der Waals surface area contributed by atoms with E-state index in [9.17, 15) is 8.42 Å². The average Bonchev–Trinajstić information content (AvgIpc) is 2.39. The van der Waals surface area contributed by atoms with Crippen molar-refractivity contribution >= 4 is 10.0 Å². The Balaban J connectivity index is 2.66. The molecule has 0 aliphatic heterocycles. The first-order chi connectivity index (χ1) is 9.21. The van der Waals surface area contributed by atoms with Crippen LogP contribution < -0.4 is 5.32 Å².